The molecule has 0 spiro atoms. The maximum Gasteiger partial charge on any atom is 0.191 e. The summed E-state index contributed by atoms with van der Waals surface area (Å²) in [4.78, 5) is 9.20. The van der Waals surface area contributed by atoms with Crippen molar-refractivity contribution in [1.29, 1.82) is 0 Å². The van der Waals surface area contributed by atoms with E-state index in [1.54, 1.807) is 0 Å². The van der Waals surface area contributed by atoms with Gasteiger partial charge >= 0.3 is 0 Å². The highest BCUT2D eigenvalue weighted by Crippen LogP contribution is 2.25. The monoisotopic (exact) mass is 380 g/mol. The molecule has 2 fully saturated rings. The van der Waals surface area contributed by atoms with E-state index in [-0.39, 0.29) is 24.0 Å². The van der Waals surface area contributed by atoms with Gasteiger partial charge in [-0.1, -0.05) is 6.92 Å². The quantitative estimate of drug-likeness (QED) is 0.452. The number of hydrogen-bond donors (Lipinski definition) is 1. The van der Waals surface area contributed by atoms with Crippen LogP contribution in [0.25, 0.3) is 0 Å². The first-order valence-corrected chi connectivity index (χ1v) is 7.45. The Morgan fingerprint density at radius 1 is 1.26 bits per heavy atom. The Labute approximate surface area is 134 Å². The molecule has 0 aromatic heterocycles. The molecule has 0 aromatic rings. The average Bonchev–Trinajstić information content (AvgIpc) is 3.23. The Bertz CT molecular complexity index is 283. The number of likely N-dealkylation sites (tertiary alicyclic amines) is 1. The van der Waals surface area contributed by atoms with Gasteiger partial charge in [-0.2, -0.15) is 0 Å². The van der Waals surface area contributed by atoms with Gasteiger partial charge in [0, 0.05) is 19.6 Å². The highest BCUT2D eigenvalue weighted by atomic mass is 127. The van der Waals surface area contributed by atoms with Crippen LogP contribution in [-0.4, -0.2) is 55.0 Å². The number of hydrogen-bond acceptors (Lipinski definition) is 2. The predicted octanol–water partition coefficient (Wildman–Crippen LogP) is 2.14. The fraction of sp³-hybridized carbons (Fsp3) is 0.929. The fourth-order valence-corrected chi connectivity index (χ4v) is 2.71. The van der Waals surface area contributed by atoms with Crippen LogP contribution in [0.1, 0.15) is 39.0 Å². The van der Waals surface area contributed by atoms with Gasteiger partial charge in [0.2, 0.25) is 0 Å². The van der Waals surface area contributed by atoms with Crippen molar-refractivity contribution >= 4 is 29.9 Å². The SMILES string of the molecule is CCN1CCC(CCN=C(N)N(C)C2CC2)CC1.I. The van der Waals surface area contributed by atoms with Crippen LogP contribution in [-0.2, 0) is 0 Å². The summed E-state index contributed by atoms with van der Waals surface area (Å²) in [6, 6.07) is 0.668. The molecular formula is C14H29IN4. The largest absolute Gasteiger partial charge is 0.370 e. The number of aliphatic imine (C=N–C) groups is 1. The summed E-state index contributed by atoms with van der Waals surface area (Å²) in [5.74, 6) is 1.60. The van der Waals surface area contributed by atoms with Crippen molar-refractivity contribution in [1.82, 2.24) is 9.80 Å². The molecule has 0 atom stereocenters. The van der Waals surface area contributed by atoms with Crippen molar-refractivity contribution in [2.24, 2.45) is 16.6 Å². The first kappa shape index (κ1) is 17.0. The van der Waals surface area contributed by atoms with E-state index >= 15 is 0 Å². The second-order valence-corrected chi connectivity index (χ2v) is 5.75. The Hall–Kier alpha value is -0.0400. The molecule has 1 aliphatic heterocycles. The van der Waals surface area contributed by atoms with E-state index in [9.17, 15) is 0 Å². The summed E-state index contributed by atoms with van der Waals surface area (Å²) in [6.07, 6.45) is 6.44. The van der Waals surface area contributed by atoms with Crippen LogP contribution in [0.5, 0.6) is 0 Å². The molecule has 2 N–H and O–H groups in total. The lowest BCUT2D eigenvalue weighted by molar-refractivity contribution is 0.188. The Balaban J connectivity index is 0.00000180. The van der Waals surface area contributed by atoms with E-state index < -0.39 is 0 Å². The molecule has 4 nitrogen and oxygen atoms in total. The molecule has 1 saturated carbocycles. The molecule has 1 aliphatic carbocycles. The van der Waals surface area contributed by atoms with Crippen molar-refractivity contribution in [2.75, 3.05) is 33.2 Å². The summed E-state index contributed by atoms with van der Waals surface area (Å²) in [6.45, 7) is 6.88. The van der Waals surface area contributed by atoms with Crippen molar-refractivity contribution < 1.29 is 0 Å². The highest BCUT2D eigenvalue weighted by molar-refractivity contribution is 14.0. The summed E-state index contributed by atoms with van der Waals surface area (Å²) in [5, 5.41) is 0. The number of guanidine groups is 1. The van der Waals surface area contributed by atoms with Gasteiger partial charge in [0.15, 0.2) is 5.96 Å². The lowest BCUT2D eigenvalue weighted by Crippen LogP contribution is -2.36. The van der Waals surface area contributed by atoms with Gasteiger partial charge in [-0.05, 0) is 57.7 Å². The zero-order chi connectivity index (χ0) is 13.0. The van der Waals surface area contributed by atoms with Gasteiger partial charge in [-0.3, -0.25) is 4.99 Å². The molecule has 0 aromatic carbocycles. The van der Waals surface area contributed by atoms with Gasteiger partial charge in [-0.15, -0.1) is 24.0 Å². The minimum absolute atomic E-state index is 0. The second-order valence-electron chi connectivity index (χ2n) is 5.75. The lowest BCUT2D eigenvalue weighted by Gasteiger charge is -2.30. The average molecular weight is 380 g/mol. The molecule has 0 unspecified atom stereocenters. The van der Waals surface area contributed by atoms with Crippen LogP contribution in [0.3, 0.4) is 0 Å². The van der Waals surface area contributed by atoms with E-state index in [4.69, 9.17) is 5.73 Å². The molecular weight excluding hydrogens is 351 g/mol. The fourth-order valence-electron chi connectivity index (χ4n) is 2.71. The molecule has 5 heteroatoms. The van der Waals surface area contributed by atoms with Gasteiger partial charge in [-0.25, -0.2) is 0 Å². The van der Waals surface area contributed by atoms with Crippen molar-refractivity contribution in [2.45, 2.75) is 45.1 Å². The van der Waals surface area contributed by atoms with Crippen molar-refractivity contribution in [3.05, 3.63) is 0 Å². The Morgan fingerprint density at radius 2 is 1.89 bits per heavy atom. The van der Waals surface area contributed by atoms with Gasteiger partial charge < -0.3 is 15.5 Å². The topological polar surface area (TPSA) is 44.9 Å². The molecule has 19 heavy (non-hydrogen) atoms. The highest BCUT2D eigenvalue weighted by Gasteiger charge is 2.27. The molecule has 2 rings (SSSR count). The van der Waals surface area contributed by atoms with Crippen LogP contribution in [0.2, 0.25) is 0 Å². The maximum absolute atomic E-state index is 5.99. The molecule has 1 saturated heterocycles. The van der Waals surface area contributed by atoms with Crippen LogP contribution >= 0.6 is 24.0 Å². The van der Waals surface area contributed by atoms with Crippen LogP contribution in [0, 0.1) is 5.92 Å². The maximum atomic E-state index is 5.99. The second kappa shape index (κ2) is 8.29. The predicted molar refractivity (Wildman–Crippen MR) is 92.1 cm³/mol. The normalized spacial score (nSPS) is 22.1. The lowest BCUT2D eigenvalue weighted by atomic mass is 9.94. The number of nitrogens with two attached hydrogens (primary N) is 1. The standard InChI is InChI=1S/C14H28N4.HI/c1-3-18-10-7-12(8-11-18)6-9-16-14(15)17(2)13-4-5-13;/h12-13H,3-11H2,1-2H3,(H2,15,16);1H. The van der Waals surface area contributed by atoms with E-state index in [0.717, 1.165) is 18.4 Å². The zero-order valence-corrected chi connectivity index (χ0v) is 14.7. The first-order chi connectivity index (χ1) is 8.70. The minimum atomic E-state index is 0. The van der Waals surface area contributed by atoms with E-state index in [1.165, 1.54) is 51.7 Å². The molecule has 0 amide bonds. The molecule has 0 radical (unpaired) electrons. The Kier molecular flexibility index (Phi) is 7.42. The van der Waals surface area contributed by atoms with E-state index in [0.29, 0.717) is 6.04 Å². The number of halogens is 1. The molecule has 1 heterocycles. The summed E-state index contributed by atoms with van der Waals surface area (Å²) >= 11 is 0. The summed E-state index contributed by atoms with van der Waals surface area (Å²) in [5.41, 5.74) is 5.99. The van der Waals surface area contributed by atoms with E-state index in [2.05, 4.69) is 28.8 Å². The zero-order valence-electron chi connectivity index (χ0n) is 12.3. The third kappa shape index (κ3) is 5.45. The van der Waals surface area contributed by atoms with Crippen LogP contribution in [0.4, 0.5) is 0 Å². The number of rotatable bonds is 5. The number of piperidine rings is 1. The van der Waals surface area contributed by atoms with E-state index in [1.807, 2.05) is 0 Å². The van der Waals surface area contributed by atoms with Gasteiger partial charge in [0.1, 0.15) is 0 Å². The smallest absolute Gasteiger partial charge is 0.191 e. The third-order valence-corrected chi connectivity index (χ3v) is 4.42. The summed E-state index contributed by atoms with van der Waals surface area (Å²) < 4.78 is 0. The molecule has 112 valence electrons. The van der Waals surface area contributed by atoms with Gasteiger partial charge in [0.05, 0.1) is 0 Å². The third-order valence-electron chi connectivity index (χ3n) is 4.42. The first-order valence-electron chi connectivity index (χ1n) is 7.45. The Morgan fingerprint density at radius 3 is 2.42 bits per heavy atom. The van der Waals surface area contributed by atoms with Crippen molar-refractivity contribution in [3.8, 4) is 0 Å². The van der Waals surface area contributed by atoms with Gasteiger partial charge in [0.25, 0.3) is 0 Å². The van der Waals surface area contributed by atoms with Crippen LogP contribution in [0.15, 0.2) is 4.99 Å². The van der Waals surface area contributed by atoms with Crippen molar-refractivity contribution in [3.63, 3.8) is 0 Å². The van der Waals surface area contributed by atoms with Crippen LogP contribution < -0.4 is 5.73 Å². The molecule has 0 bridgehead atoms. The summed E-state index contributed by atoms with van der Waals surface area (Å²) in [7, 11) is 2.07. The number of nitrogens with zero attached hydrogens (tertiary/aromatic N) is 3. The minimum Gasteiger partial charge on any atom is -0.370 e. The molecule has 2 aliphatic rings.